The average molecular weight is 394 g/mol. The van der Waals surface area contributed by atoms with Gasteiger partial charge in [-0.2, -0.15) is 9.37 Å². The Hall–Kier alpha value is -1.87. The monoisotopic (exact) mass is 394 g/mol. The van der Waals surface area contributed by atoms with Gasteiger partial charge >= 0.3 is 0 Å². The summed E-state index contributed by atoms with van der Waals surface area (Å²) in [7, 11) is -2.19. The van der Waals surface area contributed by atoms with Gasteiger partial charge in [0.1, 0.15) is 16.9 Å². The molecule has 8 heteroatoms. The summed E-state index contributed by atoms with van der Waals surface area (Å²) in [4.78, 5) is 5.43. The van der Waals surface area contributed by atoms with Gasteiger partial charge in [-0.3, -0.25) is 4.84 Å². The molecule has 2 atom stereocenters. The molecular weight excluding hydrogens is 374 g/mol. The number of sulfonamides is 1. The molecule has 0 spiro atoms. The molecule has 2 aromatic carbocycles. The first-order valence-corrected chi connectivity index (χ1v) is 10.2. The van der Waals surface area contributed by atoms with E-state index in [4.69, 9.17) is 4.84 Å². The Morgan fingerprint density at radius 2 is 1.85 bits per heavy atom. The van der Waals surface area contributed by atoms with Crippen LogP contribution in [0.3, 0.4) is 0 Å². The van der Waals surface area contributed by atoms with Crippen LogP contribution < -0.4 is 0 Å². The molecular formula is C19H20F2N2O3S. The molecule has 144 valence electrons. The molecule has 2 unspecified atom stereocenters. The number of hydrogen-bond donors (Lipinski definition) is 0. The van der Waals surface area contributed by atoms with Gasteiger partial charge in [-0.1, -0.05) is 30.3 Å². The molecule has 2 heterocycles. The van der Waals surface area contributed by atoms with E-state index in [1.54, 1.807) is 7.05 Å². The lowest BCUT2D eigenvalue weighted by Crippen LogP contribution is -2.44. The molecule has 0 aliphatic carbocycles. The van der Waals surface area contributed by atoms with Crippen LogP contribution in [0.5, 0.6) is 0 Å². The lowest BCUT2D eigenvalue weighted by Gasteiger charge is -2.32. The molecule has 0 amide bonds. The molecule has 2 aromatic rings. The number of nitrogens with zero attached hydrogens (tertiary/aromatic N) is 2. The van der Waals surface area contributed by atoms with E-state index in [0.29, 0.717) is 13.0 Å². The van der Waals surface area contributed by atoms with E-state index < -0.39 is 32.9 Å². The molecule has 0 aromatic heterocycles. The van der Waals surface area contributed by atoms with Crippen molar-refractivity contribution in [2.75, 3.05) is 20.2 Å². The Morgan fingerprint density at radius 1 is 1.11 bits per heavy atom. The number of halogens is 2. The second-order valence-corrected chi connectivity index (χ2v) is 9.04. The summed E-state index contributed by atoms with van der Waals surface area (Å²) in [5, 5.41) is 0.379. The highest BCUT2D eigenvalue weighted by molar-refractivity contribution is 7.89. The quantitative estimate of drug-likeness (QED) is 0.803. The lowest BCUT2D eigenvalue weighted by molar-refractivity contribution is -0.111. The Bertz CT molecular complexity index is 967. The maximum Gasteiger partial charge on any atom is 0.221 e. The van der Waals surface area contributed by atoms with Gasteiger partial charge in [0, 0.05) is 31.8 Å². The van der Waals surface area contributed by atoms with E-state index in [9.17, 15) is 17.2 Å². The highest BCUT2D eigenvalue weighted by Crippen LogP contribution is 2.37. The van der Waals surface area contributed by atoms with Crippen LogP contribution in [0.15, 0.2) is 42.5 Å². The van der Waals surface area contributed by atoms with Gasteiger partial charge in [-0.05, 0) is 23.6 Å². The van der Waals surface area contributed by atoms with E-state index in [-0.39, 0.29) is 18.7 Å². The van der Waals surface area contributed by atoms with Gasteiger partial charge in [-0.15, -0.1) is 0 Å². The van der Waals surface area contributed by atoms with Crippen molar-refractivity contribution >= 4 is 10.0 Å². The summed E-state index contributed by atoms with van der Waals surface area (Å²) in [5.41, 5.74) is 2.23. The number of fused-ring (bicyclic) bond motifs is 1. The van der Waals surface area contributed by atoms with Crippen LogP contribution in [0.2, 0.25) is 0 Å². The van der Waals surface area contributed by atoms with Crippen LogP contribution in [0.25, 0.3) is 0 Å². The maximum atomic E-state index is 14.3. The lowest BCUT2D eigenvalue weighted by atomic mass is 10.0. The van der Waals surface area contributed by atoms with Crippen molar-refractivity contribution in [2.24, 2.45) is 0 Å². The van der Waals surface area contributed by atoms with Crippen LogP contribution in [0.4, 0.5) is 8.78 Å². The van der Waals surface area contributed by atoms with E-state index in [1.165, 1.54) is 15.4 Å². The minimum Gasteiger partial charge on any atom is -0.297 e. The minimum absolute atomic E-state index is 0.0710. The Kier molecular flexibility index (Phi) is 4.75. The van der Waals surface area contributed by atoms with Gasteiger partial charge in [0.25, 0.3) is 0 Å². The molecule has 2 aliphatic heterocycles. The SMILES string of the molecule is CN1OCC(S(=O)(=O)N2CCc3ccccc3C2)C1c1ccc(F)cc1F. The van der Waals surface area contributed by atoms with Crippen molar-refractivity contribution in [1.29, 1.82) is 0 Å². The molecule has 5 nitrogen and oxygen atoms in total. The van der Waals surface area contributed by atoms with Crippen molar-refractivity contribution in [3.05, 3.63) is 70.8 Å². The average Bonchev–Trinajstić information content (AvgIpc) is 3.03. The number of rotatable bonds is 3. The zero-order chi connectivity index (χ0) is 19.2. The second kappa shape index (κ2) is 6.94. The minimum atomic E-state index is -3.76. The largest absolute Gasteiger partial charge is 0.297 e. The molecule has 2 aliphatic rings. The normalized spacial score (nSPS) is 24.1. The van der Waals surface area contributed by atoms with Crippen molar-refractivity contribution in [3.8, 4) is 0 Å². The number of hydroxylamine groups is 2. The molecule has 27 heavy (non-hydrogen) atoms. The molecule has 0 saturated carbocycles. The summed E-state index contributed by atoms with van der Waals surface area (Å²) < 4.78 is 55.7. The van der Waals surface area contributed by atoms with Crippen LogP contribution in [-0.4, -0.2) is 43.2 Å². The summed E-state index contributed by atoms with van der Waals surface area (Å²) in [5.74, 6) is -1.48. The highest BCUT2D eigenvalue weighted by Gasteiger charge is 2.47. The third-order valence-electron chi connectivity index (χ3n) is 5.31. The van der Waals surface area contributed by atoms with Crippen LogP contribution in [0.1, 0.15) is 22.7 Å². The fourth-order valence-electron chi connectivity index (χ4n) is 3.86. The highest BCUT2D eigenvalue weighted by atomic mass is 32.2. The van der Waals surface area contributed by atoms with E-state index >= 15 is 0 Å². The van der Waals surface area contributed by atoms with Gasteiger partial charge in [-0.25, -0.2) is 17.2 Å². The Labute approximate surface area is 157 Å². The third kappa shape index (κ3) is 3.27. The van der Waals surface area contributed by atoms with Crippen molar-refractivity contribution in [2.45, 2.75) is 24.3 Å². The van der Waals surface area contributed by atoms with E-state index in [2.05, 4.69) is 0 Å². The smallest absolute Gasteiger partial charge is 0.221 e. The van der Waals surface area contributed by atoms with Gasteiger partial charge in [0.2, 0.25) is 10.0 Å². The fraction of sp³-hybridized carbons (Fsp3) is 0.368. The standard InChI is InChI=1S/C19H20F2N2O3S/c1-22-19(16-7-6-15(20)10-17(16)21)18(12-26-22)27(24,25)23-9-8-13-4-2-3-5-14(13)11-23/h2-7,10,18-19H,8-9,11-12H2,1H3. The molecule has 0 N–H and O–H groups in total. The first-order chi connectivity index (χ1) is 12.9. The Morgan fingerprint density at radius 3 is 2.59 bits per heavy atom. The number of hydrogen-bond acceptors (Lipinski definition) is 4. The summed E-state index contributed by atoms with van der Waals surface area (Å²) in [6, 6.07) is 10.1. The van der Waals surface area contributed by atoms with Gasteiger partial charge in [0.15, 0.2) is 0 Å². The maximum absolute atomic E-state index is 14.3. The molecule has 0 bridgehead atoms. The zero-order valence-electron chi connectivity index (χ0n) is 14.8. The van der Waals surface area contributed by atoms with E-state index in [1.807, 2.05) is 24.3 Å². The molecule has 1 saturated heterocycles. The van der Waals surface area contributed by atoms with Crippen LogP contribution in [-0.2, 0) is 27.8 Å². The van der Waals surface area contributed by atoms with Crippen molar-refractivity contribution in [1.82, 2.24) is 9.37 Å². The summed E-state index contributed by atoms with van der Waals surface area (Å²) in [6.45, 7) is 0.591. The van der Waals surface area contributed by atoms with Crippen LogP contribution >= 0.6 is 0 Å². The van der Waals surface area contributed by atoms with Gasteiger partial charge in [0.05, 0.1) is 12.6 Å². The first kappa shape index (κ1) is 18.5. The van der Waals surface area contributed by atoms with E-state index in [0.717, 1.165) is 23.3 Å². The Balaban J connectivity index is 1.66. The van der Waals surface area contributed by atoms with Gasteiger partial charge < -0.3 is 0 Å². The molecule has 4 rings (SSSR count). The van der Waals surface area contributed by atoms with Crippen molar-refractivity contribution in [3.63, 3.8) is 0 Å². The summed E-state index contributed by atoms with van der Waals surface area (Å²) >= 11 is 0. The predicted octanol–water partition coefficient (Wildman–Crippen LogP) is 2.64. The molecule has 1 fully saturated rings. The summed E-state index contributed by atoms with van der Waals surface area (Å²) in [6.07, 6.45) is 0.633. The zero-order valence-corrected chi connectivity index (χ0v) is 15.6. The number of benzene rings is 2. The third-order valence-corrected chi connectivity index (χ3v) is 7.50. The van der Waals surface area contributed by atoms with Crippen LogP contribution in [0, 0.1) is 11.6 Å². The topological polar surface area (TPSA) is 49.9 Å². The fourth-order valence-corrected chi connectivity index (χ4v) is 5.79. The second-order valence-electron chi connectivity index (χ2n) is 6.89. The molecule has 0 radical (unpaired) electrons. The predicted molar refractivity (Wildman–Crippen MR) is 96.1 cm³/mol. The first-order valence-electron chi connectivity index (χ1n) is 8.74. The van der Waals surface area contributed by atoms with Crippen molar-refractivity contribution < 1.29 is 22.0 Å².